The molecule has 6 heteroatoms. The minimum absolute atomic E-state index is 0.00690. The largest absolute Gasteiger partial charge is 0.304 e. The van der Waals surface area contributed by atoms with E-state index in [0.717, 1.165) is 26.9 Å². The zero-order valence-electron chi connectivity index (χ0n) is 10.2. The molecule has 2 heterocycles. The van der Waals surface area contributed by atoms with Crippen LogP contribution in [0.5, 0.6) is 0 Å². The van der Waals surface area contributed by atoms with Crippen LogP contribution in [0, 0.1) is 0 Å². The summed E-state index contributed by atoms with van der Waals surface area (Å²) in [4.78, 5) is 4.46. The van der Waals surface area contributed by atoms with E-state index in [4.69, 9.17) is 0 Å². The van der Waals surface area contributed by atoms with Crippen LogP contribution in [0.2, 0.25) is 0 Å². The molecule has 0 amide bonds. The van der Waals surface area contributed by atoms with E-state index in [9.17, 15) is 0 Å². The summed E-state index contributed by atoms with van der Waals surface area (Å²) in [6.45, 7) is 2.93. The van der Waals surface area contributed by atoms with Gasteiger partial charge in [0.2, 0.25) is 0 Å². The molecule has 2 aromatic rings. The predicted octanol–water partition coefficient (Wildman–Crippen LogP) is 3.04. The Morgan fingerprint density at radius 3 is 2.72 bits per heavy atom. The Bertz CT molecular complexity index is 519. The first kappa shape index (κ1) is 13.7. The highest BCUT2D eigenvalue weighted by Gasteiger charge is 2.22. The molecule has 0 spiro atoms. The van der Waals surface area contributed by atoms with Crippen molar-refractivity contribution < 1.29 is 0 Å². The van der Waals surface area contributed by atoms with Gasteiger partial charge in [0.25, 0.3) is 0 Å². The first-order chi connectivity index (χ1) is 8.65. The van der Waals surface area contributed by atoms with Crippen LogP contribution in [0.25, 0.3) is 0 Å². The zero-order valence-corrected chi connectivity index (χ0v) is 13.4. The molecule has 96 valence electrons. The second-order valence-electron chi connectivity index (χ2n) is 3.86. The summed E-state index contributed by atoms with van der Waals surface area (Å²) in [5.41, 5.74) is 2.03. The minimum Gasteiger partial charge on any atom is -0.304 e. The maximum atomic E-state index is 4.46. The molecule has 1 atom stereocenters. The van der Waals surface area contributed by atoms with E-state index < -0.39 is 0 Å². The van der Waals surface area contributed by atoms with Gasteiger partial charge < -0.3 is 5.32 Å². The summed E-state index contributed by atoms with van der Waals surface area (Å²) >= 11 is 7.10. The number of halogens is 2. The topological polar surface area (TPSA) is 42.7 Å². The lowest BCUT2D eigenvalue weighted by Crippen LogP contribution is -2.25. The van der Waals surface area contributed by atoms with Crippen LogP contribution in [-0.4, -0.2) is 21.3 Å². The lowest BCUT2D eigenvalue weighted by Gasteiger charge is -2.19. The van der Waals surface area contributed by atoms with Crippen LogP contribution in [-0.2, 0) is 7.05 Å². The van der Waals surface area contributed by atoms with E-state index in [0.29, 0.717) is 0 Å². The van der Waals surface area contributed by atoms with Crippen molar-refractivity contribution >= 4 is 31.9 Å². The van der Waals surface area contributed by atoms with Crippen LogP contribution in [0.1, 0.15) is 24.4 Å². The molecule has 0 radical (unpaired) electrons. The van der Waals surface area contributed by atoms with Gasteiger partial charge in [-0.15, -0.1) is 0 Å². The molecule has 18 heavy (non-hydrogen) atoms. The molecule has 2 aromatic heterocycles. The van der Waals surface area contributed by atoms with Gasteiger partial charge in [-0.1, -0.05) is 6.92 Å². The quantitative estimate of drug-likeness (QED) is 0.895. The van der Waals surface area contributed by atoms with Gasteiger partial charge >= 0.3 is 0 Å². The summed E-state index contributed by atoms with van der Waals surface area (Å²) in [6, 6.07) is 3.92. The van der Waals surface area contributed by atoms with Crippen LogP contribution in [0.3, 0.4) is 0 Å². The van der Waals surface area contributed by atoms with Gasteiger partial charge in [-0.3, -0.25) is 9.67 Å². The molecule has 2 rings (SSSR count). The monoisotopic (exact) mass is 372 g/mol. The SMILES string of the molecule is CCNC(c1ncccc1Br)c1c(Br)cnn1C. The summed E-state index contributed by atoms with van der Waals surface area (Å²) in [6.07, 6.45) is 3.60. The Balaban J connectivity index is 2.50. The Morgan fingerprint density at radius 2 is 2.17 bits per heavy atom. The average Bonchev–Trinajstić information content (AvgIpc) is 2.68. The van der Waals surface area contributed by atoms with Crippen molar-refractivity contribution in [1.82, 2.24) is 20.1 Å². The molecule has 0 aliphatic heterocycles. The lowest BCUT2D eigenvalue weighted by molar-refractivity contribution is 0.558. The maximum absolute atomic E-state index is 4.46. The molecule has 0 aliphatic rings. The van der Waals surface area contributed by atoms with E-state index in [2.05, 4.69) is 54.2 Å². The van der Waals surface area contributed by atoms with Crippen LogP contribution >= 0.6 is 31.9 Å². The first-order valence-electron chi connectivity index (χ1n) is 5.66. The highest BCUT2D eigenvalue weighted by molar-refractivity contribution is 9.10. The van der Waals surface area contributed by atoms with Crippen LogP contribution in [0.15, 0.2) is 33.5 Å². The van der Waals surface area contributed by atoms with Crippen molar-refractivity contribution in [2.75, 3.05) is 6.54 Å². The standard InChI is InChI=1S/C12H14Br2N4/c1-3-15-11(10-8(13)5-4-6-16-10)12-9(14)7-17-18(12)2/h4-7,11,15H,3H2,1-2H3. The maximum Gasteiger partial charge on any atom is 0.0944 e. The molecule has 1 unspecified atom stereocenters. The third kappa shape index (κ3) is 2.65. The molecular weight excluding hydrogens is 360 g/mol. The predicted molar refractivity (Wildman–Crippen MR) is 78.4 cm³/mol. The van der Waals surface area contributed by atoms with Crippen LogP contribution in [0.4, 0.5) is 0 Å². The van der Waals surface area contributed by atoms with Crippen molar-refractivity contribution in [3.05, 3.63) is 44.9 Å². The van der Waals surface area contributed by atoms with Crippen molar-refractivity contribution in [3.63, 3.8) is 0 Å². The molecule has 1 N–H and O–H groups in total. The lowest BCUT2D eigenvalue weighted by atomic mass is 10.1. The zero-order chi connectivity index (χ0) is 13.1. The fourth-order valence-corrected chi connectivity index (χ4v) is 2.94. The van der Waals surface area contributed by atoms with E-state index >= 15 is 0 Å². The number of pyridine rings is 1. The Kier molecular flexibility index (Phi) is 4.53. The minimum atomic E-state index is 0.00690. The number of hydrogen-bond donors (Lipinski definition) is 1. The highest BCUT2D eigenvalue weighted by atomic mass is 79.9. The molecule has 4 nitrogen and oxygen atoms in total. The van der Waals surface area contributed by atoms with E-state index in [1.807, 2.05) is 23.9 Å². The molecule has 0 bridgehead atoms. The number of aryl methyl sites for hydroxylation is 1. The molecule has 0 aliphatic carbocycles. The number of nitrogens with one attached hydrogen (secondary N) is 1. The first-order valence-corrected chi connectivity index (χ1v) is 7.25. The summed E-state index contributed by atoms with van der Waals surface area (Å²) in [5.74, 6) is 0. The van der Waals surface area contributed by atoms with Gasteiger partial charge in [-0.2, -0.15) is 5.10 Å². The smallest absolute Gasteiger partial charge is 0.0944 e. The second-order valence-corrected chi connectivity index (χ2v) is 5.57. The van der Waals surface area contributed by atoms with E-state index in [-0.39, 0.29) is 6.04 Å². The van der Waals surface area contributed by atoms with E-state index in [1.165, 1.54) is 0 Å². The third-order valence-electron chi connectivity index (χ3n) is 2.68. The summed E-state index contributed by atoms with van der Waals surface area (Å²) in [5, 5.41) is 7.70. The van der Waals surface area contributed by atoms with Crippen LogP contribution < -0.4 is 5.32 Å². The highest BCUT2D eigenvalue weighted by Crippen LogP contribution is 2.30. The number of nitrogens with zero attached hydrogens (tertiary/aromatic N) is 3. The molecule has 0 saturated heterocycles. The summed E-state index contributed by atoms with van der Waals surface area (Å²) < 4.78 is 3.83. The summed E-state index contributed by atoms with van der Waals surface area (Å²) in [7, 11) is 1.93. The van der Waals surface area contributed by atoms with Gasteiger partial charge in [0.1, 0.15) is 0 Å². The van der Waals surface area contributed by atoms with Gasteiger partial charge in [0.05, 0.1) is 28.1 Å². The second kappa shape index (κ2) is 5.95. The van der Waals surface area contributed by atoms with Gasteiger partial charge in [0.15, 0.2) is 0 Å². The molecule has 0 aromatic carbocycles. The average molecular weight is 374 g/mol. The fourth-order valence-electron chi connectivity index (χ4n) is 1.88. The van der Waals surface area contributed by atoms with Crippen molar-refractivity contribution in [2.45, 2.75) is 13.0 Å². The Morgan fingerprint density at radius 1 is 1.39 bits per heavy atom. The van der Waals surface area contributed by atoms with Crippen molar-refractivity contribution in [1.29, 1.82) is 0 Å². The van der Waals surface area contributed by atoms with Crippen molar-refractivity contribution in [2.24, 2.45) is 7.05 Å². The number of aromatic nitrogens is 3. The number of rotatable bonds is 4. The van der Waals surface area contributed by atoms with E-state index in [1.54, 1.807) is 12.4 Å². The normalized spacial score (nSPS) is 12.7. The number of hydrogen-bond acceptors (Lipinski definition) is 3. The van der Waals surface area contributed by atoms with Gasteiger partial charge in [-0.05, 0) is 50.5 Å². The fraction of sp³-hybridized carbons (Fsp3) is 0.333. The third-order valence-corrected chi connectivity index (χ3v) is 3.96. The Labute approximate surface area is 123 Å². The molecule has 0 saturated carbocycles. The van der Waals surface area contributed by atoms with Gasteiger partial charge in [0, 0.05) is 17.7 Å². The molecule has 0 fully saturated rings. The van der Waals surface area contributed by atoms with Gasteiger partial charge in [-0.25, -0.2) is 0 Å². The van der Waals surface area contributed by atoms with Crippen molar-refractivity contribution in [3.8, 4) is 0 Å². The molecular formula is C12H14Br2N4. The Hall–Kier alpha value is -0.720.